The molecule has 0 aliphatic carbocycles. The van der Waals surface area contributed by atoms with E-state index in [0.717, 1.165) is 23.6 Å². The van der Waals surface area contributed by atoms with Crippen LogP contribution in [0, 0.1) is 0 Å². The Morgan fingerprint density at radius 2 is 1.71 bits per heavy atom. The first-order valence-electron chi connectivity index (χ1n) is 10.2. The molecule has 1 unspecified atom stereocenters. The monoisotopic (exact) mass is 380 g/mol. The van der Waals surface area contributed by atoms with Crippen molar-refractivity contribution in [1.29, 1.82) is 0 Å². The summed E-state index contributed by atoms with van der Waals surface area (Å²) in [5.41, 5.74) is 2.95. The van der Waals surface area contributed by atoms with Crippen molar-refractivity contribution in [2.75, 3.05) is 26.3 Å². The van der Waals surface area contributed by atoms with Crippen LogP contribution < -0.4 is 14.8 Å². The number of likely N-dealkylation sites (tertiary alicyclic amines) is 1. The number of amides is 1. The van der Waals surface area contributed by atoms with Crippen LogP contribution >= 0.6 is 0 Å². The minimum absolute atomic E-state index is 0.0630. The molecule has 5 heteroatoms. The van der Waals surface area contributed by atoms with E-state index in [1.54, 1.807) is 0 Å². The Bertz CT molecular complexity index is 813. The van der Waals surface area contributed by atoms with Crippen LogP contribution in [0.25, 0.3) is 0 Å². The van der Waals surface area contributed by atoms with Gasteiger partial charge >= 0.3 is 0 Å². The summed E-state index contributed by atoms with van der Waals surface area (Å²) in [7, 11) is 0. The highest BCUT2D eigenvalue weighted by Gasteiger charge is 2.17. The highest BCUT2D eigenvalue weighted by atomic mass is 16.6. The van der Waals surface area contributed by atoms with Gasteiger partial charge in [-0.05, 0) is 68.2 Å². The fourth-order valence-electron chi connectivity index (χ4n) is 3.83. The number of piperidine rings is 1. The van der Waals surface area contributed by atoms with E-state index in [0.29, 0.717) is 18.8 Å². The lowest BCUT2D eigenvalue weighted by Crippen LogP contribution is -2.29. The van der Waals surface area contributed by atoms with Gasteiger partial charge in [-0.3, -0.25) is 9.69 Å². The lowest BCUT2D eigenvalue weighted by atomic mass is 10.1. The number of fused-ring (bicyclic) bond motifs is 1. The zero-order chi connectivity index (χ0) is 19.3. The van der Waals surface area contributed by atoms with E-state index in [1.165, 1.54) is 37.9 Å². The highest BCUT2D eigenvalue weighted by Crippen LogP contribution is 2.32. The first-order chi connectivity index (χ1) is 13.7. The fraction of sp³-hybridized carbons (Fsp3) is 0.435. The molecule has 2 heterocycles. The molecule has 0 bridgehead atoms. The summed E-state index contributed by atoms with van der Waals surface area (Å²) in [4.78, 5) is 15.1. The Morgan fingerprint density at radius 1 is 1.00 bits per heavy atom. The van der Waals surface area contributed by atoms with Crippen molar-refractivity contribution in [1.82, 2.24) is 10.2 Å². The minimum atomic E-state index is -0.114. The predicted molar refractivity (Wildman–Crippen MR) is 109 cm³/mol. The molecular formula is C23H28N2O3. The predicted octanol–water partition coefficient (Wildman–Crippen LogP) is 3.93. The van der Waals surface area contributed by atoms with Gasteiger partial charge in [-0.15, -0.1) is 0 Å². The SMILES string of the molecule is CC(NC(=O)c1ccc(CN2CCCCC2)cc1)c1ccc2c(c1)OCCO2. The van der Waals surface area contributed by atoms with E-state index in [9.17, 15) is 4.79 Å². The van der Waals surface area contributed by atoms with Crippen molar-refractivity contribution < 1.29 is 14.3 Å². The smallest absolute Gasteiger partial charge is 0.251 e. The zero-order valence-electron chi connectivity index (χ0n) is 16.4. The van der Waals surface area contributed by atoms with Gasteiger partial charge in [0.1, 0.15) is 13.2 Å². The maximum atomic E-state index is 12.6. The van der Waals surface area contributed by atoms with E-state index in [-0.39, 0.29) is 11.9 Å². The molecule has 2 aliphatic rings. The lowest BCUT2D eigenvalue weighted by Gasteiger charge is -2.26. The van der Waals surface area contributed by atoms with Crippen LogP contribution in [0.15, 0.2) is 42.5 Å². The number of carbonyl (C=O) groups excluding carboxylic acids is 1. The van der Waals surface area contributed by atoms with Crippen LogP contribution in [0.4, 0.5) is 0 Å². The Labute approximate surface area is 166 Å². The normalized spacial score (nSPS) is 17.8. The van der Waals surface area contributed by atoms with Crippen molar-refractivity contribution >= 4 is 5.91 Å². The number of hydrogen-bond acceptors (Lipinski definition) is 4. The largest absolute Gasteiger partial charge is 0.486 e. The molecule has 0 spiro atoms. The van der Waals surface area contributed by atoms with Crippen molar-refractivity contribution in [3.63, 3.8) is 0 Å². The second kappa shape index (κ2) is 8.65. The van der Waals surface area contributed by atoms with Gasteiger partial charge in [0, 0.05) is 12.1 Å². The molecule has 0 aromatic heterocycles. The third-order valence-corrected chi connectivity index (χ3v) is 5.48. The molecule has 2 aliphatic heterocycles. The molecule has 0 radical (unpaired) electrons. The van der Waals surface area contributed by atoms with Gasteiger partial charge in [0.15, 0.2) is 11.5 Å². The first-order valence-corrected chi connectivity index (χ1v) is 10.2. The first kappa shape index (κ1) is 18.8. The number of ether oxygens (including phenoxy) is 2. The summed E-state index contributed by atoms with van der Waals surface area (Å²) in [6.45, 7) is 6.43. The quantitative estimate of drug-likeness (QED) is 0.854. The lowest BCUT2D eigenvalue weighted by molar-refractivity contribution is 0.0939. The topological polar surface area (TPSA) is 50.8 Å². The van der Waals surface area contributed by atoms with Crippen molar-refractivity contribution in [2.24, 2.45) is 0 Å². The van der Waals surface area contributed by atoms with Crippen LogP contribution in [0.5, 0.6) is 11.5 Å². The summed E-state index contributed by atoms with van der Waals surface area (Å²) in [6.07, 6.45) is 3.92. The second-order valence-electron chi connectivity index (χ2n) is 7.63. The van der Waals surface area contributed by atoms with E-state index >= 15 is 0 Å². The molecule has 2 aromatic rings. The number of hydrogen-bond donors (Lipinski definition) is 1. The minimum Gasteiger partial charge on any atom is -0.486 e. The third kappa shape index (κ3) is 4.47. The molecule has 28 heavy (non-hydrogen) atoms. The van der Waals surface area contributed by atoms with Gasteiger partial charge in [0.2, 0.25) is 0 Å². The average Bonchev–Trinajstić information content (AvgIpc) is 2.74. The van der Waals surface area contributed by atoms with Crippen LogP contribution in [0.1, 0.15) is 53.7 Å². The van der Waals surface area contributed by atoms with E-state index in [4.69, 9.17) is 9.47 Å². The molecule has 5 nitrogen and oxygen atoms in total. The maximum absolute atomic E-state index is 12.6. The van der Waals surface area contributed by atoms with Crippen LogP contribution in [-0.4, -0.2) is 37.1 Å². The summed E-state index contributed by atoms with van der Waals surface area (Å²) < 4.78 is 11.2. The number of benzene rings is 2. The van der Waals surface area contributed by atoms with Crippen molar-refractivity contribution in [3.05, 3.63) is 59.2 Å². The second-order valence-corrected chi connectivity index (χ2v) is 7.63. The summed E-state index contributed by atoms with van der Waals surface area (Å²) in [6, 6.07) is 13.7. The molecular weight excluding hydrogens is 352 g/mol. The van der Waals surface area contributed by atoms with Gasteiger partial charge in [0.25, 0.3) is 5.91 Å². The number of carbonyl (C=O) groups is 1. The maximum Gasteiger partial charge on any atom is 0.251 e. The van der Waals surface area contributed by atoms with Gasteiger partial charge in [-0.1, -0.05) is 24.6 Å². The van der Waals surface area contributed by atoms with Gasteiger partial charge < -0.3 is 14.8 Å². The molecule has 2 aromatic carbocycles. The standard InChI is InChI=1S/C23H28N2O3/c1-17(20-9-10-21-22(15-20)28-14-13-27-21)24-23(26)19-7-5-18(6-8-19)16-25-11-3-2-4-12-25/h5-10,15,17H,2-4,11-14,16H2,1H3,(H,24,26). The Hall–Kier alpha value is -2.53. The fourth-order valence-corrected chi connectivity index (χ4v) is 3.83. The van der Waals surface area contributed by atoms with Gasteiger partial charge in [0.05, 0.1) is 6.04 Å². The molecule has 1 atom stereocenters. The summed E-state index contributed by atoms with van der Waals surface area (Å²) in [5.74, 6) is 1.44. The van der Waals surface area contributed by atoms with Crippen LogP contribution in [-0.2, 0) is 6.54 Å². The molecule has 1 N–H and O–H groups in total. The average molecular weight is 380 g/mol. The van der Waals surface area contributed by atoms with Gasteiger partial charge in [-0.2, -0.15) is 0 Å². The molecule has 4 rings (SSSR count). The van der Waals surface area contributed by atoms with Crippen molar-refractivity contribution in [3.8, 4) is 11.5 Å². The zero-order valence-corrected chi connectivity index (χ0v) is 16.4. The van der Waals surface area contributed by atoms with Gasteiger partial charge in [-0.25, -0.2) is 0 Å². The Morgan fingerprint density at radius 3 is 2.46 bits per heavy atom. The summed E-state index contributed by atoms with van der Waals surface area (Å²) in [5, 5.41) is 3.07. The van der Waals surface area contributed by atoms with Crippen LogP contribution in [0.2, 0.25) is 0 Å². The Balaban J connectivity index is 1.36. The number of rotatable bonds is 5. The molecule has 148 valence electrons. The third-order valence-electron chi connectivity index (χ3n) is 5.48. The Kier molecular flexibility index (Phi) is 5.81. The summed E-state index contributed by atoms with van der Waals surface area (Å²) >= 11 is 0. The van der Waals surface area contributed by atoms with E-state index in [1.807, 2.05) is 37.3 Å². The molecule has 1 amide bonds. The van der Waals surface area contributed by atoms with E-state index < -0.39 is 0 Å². The highest BCUT2D eigenvalue weighted by molar-refractivity contribution is 5.94. The van der Waals surface area contributed by atoms with Crippen molar-refractivity contribution in [2.45, 2.75) is 38.8 Å². The number of nitrogens with one attached hydrogen (secondary N) is 1. The molecule has 1 saturated heterocycles. The number of nitrogens with zero attached hydrogens (tertiary/aromatic N) is 1. The molecule has 1 fully saturated rings. The van der Waals surface area contributed by atoms with Crippen LogP contribution in [0.3, 0.4) is 0 Å². The molecule has 0 saturated carbocycles. The van der Waals surface area contributed by atoms with E-state index in [2.05, 4.69) is 22.3 Å².